The lowest BCUT2D eigenvalue weighted by molar-refractivity contribution is 0.386. The Morgan fingerprint density at radius 2 is 1.96 bits per heavy atom. The highest BCUT2D eigenvalue weighted by molar-refractivity contribution is 6.31. The summed E-state index contributed by atoms with van der Waals surface area (Å²) in [6.45, 7) is 3.69. The van der Waals surface area contributed by atoms with Gasteiger partial charge in [-0.05, 0) is 50.8 Å². The molecular formula is C17H20Cl2N4O. The van der Waals surface area contributed by atoms with Gasteiger partial charge in [-0.25, -0.2) is 0 Å². The maximum absolute atomic E-state index is 10.2. The molecule has 3 rings (SSSR count). The Balaban J connectivity index is 0.00000208. The van der Waals surface area contributed by atoms with Gasteiger partial charge in [-0.1, -0.05) is 11.6 Å². The molecule has 0 saturated carbocycles. The zero-order valence-corrected chi connectivity index (χ0v) is 15.4. The molecule has 3 aromatic rings. The smallest absolute Gasteiger partial charge is 0.162 e. The fraction of sp³-hybridized carbons (Fsp3) is 0.294. The highest BCUT2D eigenvalue weighted by atomic mass is 35.5. The lowest BCUT2D eigenvalue weighted by Crippen LogP contribution is -2.18. The van der Waals surface area contributed by atoms with Crippen LogP contribution in [-0.2, 0) is 6.54 Å². The largest absolute Gasteiger partial charge is 0.507 e. The molecule has 0 atom stereocenters. The lowest BCUT2D eigenvalue weighted by atomic mass is 10.0. The number of phenols is 1. The monoisotopic (exact) mass is 366 g/mol. The van der Waals surface area contributed by atoms with Crippen molar-refractivity contribution in [2.45, 2.75) is 13.5 Å². The van der Waals surface area contributed by atoms with Gasteiger partial charge in [-0.2, -0.15) is 0 Å². The molecule has 0 fully saturated rings. The van der Waals surface area contributed by atoms with Gasteiger partial charge in [0.1, 0.15) is 5.75 Å². The molecule has 0 aliphatic heterocycles. The molecule has 7 heteroatoms. The molecule has 0 saturated heterocycles. The topological polar surface area (TPSA) is 54.2 Å². The standard InChI is InChI=1S/C17H19ClN4O.ClH/c1-11-8-13(18)10-15(23)16(11)14-9-12-4-5-22(7-6-21(2)3)17(12)20-19-14;/h4-5,8-10,23H,6-7H2,1-3H3;1H. The first kappa shape index (κ1) is 18.5. The normalized spacial score (nSPS) is 11.0. The molecule has 0 aliphatic rings. The van der Waals surface area contributed by atoms with Crippen molar-refractivity contribution in [1.29, 1.82) is 0 Å². The number of hydrogen-bond acceptors (Lipinski definition) is 4. The van der Waals surface area contributed by atoms with E-state index in [1.165, 1.54) is 6.07 Å². The first-order valence-electron chi connectivity index (χ1n) is 7.42. The Morgan fingerprint density at radius 1 is 1.21 bits per heavy atom. The van der Waals surface area contributed by atoms with Crippen molar-refractivity contribution in [3.05, 3.63) is 41.0 Å². The molecule has 1 aromatic carbocycles. The predicted octanol–water partition coefficient (Wildman–Crippen LogP) is 3.75. The summed E-state index contributed by atoms with van der Waals surface area (Å²) < 4.78 is 2.08. The summed E-state index contributed by atoms with van der Waals surface area (Å²) in [6.07, 6.45) is 2.02. The van der Waals surface area contributed by atoms with Gasteiger partial charge in [0.05, 0.1) is 5.69 Å². The van der Waals surface area contributed by atoms with E-state index in [0.29, 0.717) is 16.3 Å². The number of nitrogens with zero attached hydrogens (tertiary/aromatic N) is 4. The van der Waals surface area contributed by atoms with Crippen LogP contribution >= 0.6 is 24.0 Å². The average Bonchev–Trinajstić information content (AvgIpc) is 2.86. The number of halogens is 2. The predicted molar refractivity (Wildman–Crippen MR) is 100 cm³/mol. The Labute approximate surface area is 152 Å². The van der Waals surface area contributed by atoms with Crippen molar-refractivity contribution in [2.24, 2.45) is 0 Å². The fourth-order valence-corrected chi connectivity index (χ4v) is 2.92. The Morgan fingerprint density at radius 3 is 2.62 bits per heavy atom. The Kier molecular flexibility index (Phi) is 5.70. The van der Waals surface area contributed by atoms with Gasteiger partial charge in [0.2, 0.25) is 0 Å². The van der Waals surface area contributed by atoms with Crippen LogP contribution < -0.4 is 0 Å². The lowest BCUT2D eigenvalue weighted by Gasteiger charge is -2.11. The van der Waals surface area contributed by atoms with Crippen molar-refractivity contribution in [3.63, 3.8) is 0 Å². The summed E-state index contributed by atoms with van der Waals surface area (Å²) in [4.78, 5) is 2.13. The summed E-state index contributed by atoms with van der Waals surface area (Å²) in [6, 6.07) is 7.30. The molecule has 0 radical (unpaired) electrons. The number of aryl methyl sites for hydroxylation is 1. The van der Waals surface area contributed by atoms with Crippen molar-refractivity contribution >= 4 is 35.0 Å². The van der Waals surface area contributed by atoms with Gasteiger partial charge >= 0.3 is 0 Å². The van der Waals surface area contributed by atoms with Gasteiger partial charge in [0.15, 0.2) is 5.65 Å². The van der Waals surface area contributed by atoms with Gasteiger partial charge in [-0.3, -0.25) is 0 Å². The molecule has 24 heavy (non-hydrogen) atoms. The molecule has 2 heterocycles. The minimum atomic E-state index is 0. The van der Waals surface area contributed by atoms with Crippen LogP contribution in [0, 0.1) is 6.92 Å². The Bertz CT molecular complexity index is 838. The minimum absolute atomic E-state index is 0. The second kappa shape index (κ2) is 7.38. The third kappa shape index (κ3) is 3.64. The van der Waals surface area contributed by atoms with E-state index in [9.17, 15) is 5.11 Å². The number of fused-ring (bicyclic) bond motifs is 1. The summed E-state index contributed by atoms with van der Waals surface area (Å²) >= 11 is 5.97. The van der Waals surface area contributed by atoms with E-state index in [1.54, 1.807) is 0 Å². The average molecular weight is 367 g/mol. The van der Waals surface area contributed by atoms with Crippen molar-refractivity contribution in [2.75, 3.05) is 20.6 Å². The van der Waals surface area contributed by atoms with Crippen molar-refractivity contribution in [3.8, 4) is 17.0 Å². The number of rotatable bonds is 4. The molecule has 0 aliphatic carbocycles. The van der Waals surface area contributed by atoms with E-state index in [1.807, 2.05) is 45.4 Å². The summed E-state index contributed by atoms with van der Waals surface area (Å²) in [5, 5.41) is 20.3. The van der Waals surface area contributed by atoms with Crippen LogP contribution in [-0.4, -0.2) is 45.4 Å². The molecule has 2 aromatic heterocycles. The molecule has 128 valence electrons. The summed E-state index contributed by atoms with van der Waals surface area (Å²) in [5.74, 6) is 0.121. The van der Waals surface area contributed by atoms with E-state index in [4.69, 9.17) is 11.6 Å². The van der Waals surface area contributed by atoms with Crippen LogP contribution in [0.15, 0.2) is 30.5 Å². The molecular weight excluding hydrogens is 347 g/mol. The molecule has 0 amide bonds. The number of aromatic hydroxyl groups is 1. The third-order valence-corrected chi connectivity index (χ3v) is 4.05. The van der Waals surface area contributed by atoms with Crippen molar-refractivity contribution < 1.29 is 5.11 Å². The second-order valence-corrected chi connectivity index (χ2v) is 6.37. The zero-order chi connectivity index (χ0) is 16.6. The van der Waals surface area contributed by atoms with E-state index < -0.39 is 0 Å². The van der Waals surface area contributed by atoms with Crippen LogP contribution in [0.3, 0.4) is 0 Å². The van der Waals surface area contributed by atoms with Crippen LogP contribution in [0.25, 0.3) is 22.3 Å². The fourth-order valence-electron chi connectivity index (χ4n) is 2.66. The molecule has 0 spiro atoms. The highest BCUT2D eigenvalue weighted by Crippen LogP contribution is 2.34. The number of aromatic nitrogens is 3. The third-order valence-electron chi connectivity index (χ3n) is 3.83. The van der Waals surface area contributed by atoms with Crippen LogP contribution in [0.4, 0.5) is 0 Å². The molecule has 0 bridgehead atoms. The first-order chi connectivity index (χ1) is 11.0. The first-order valence-corrected chi connectivity index (χ1v) is 7.80. The van der Waals surface area contributed by atoms with Gasteiger partial charge < -0.3 is 14.6 Å². The number of likely N-dealkylation sites (N-methyl/N-ethyl adjacent to an activating group) is 1. The van der Waals surface area contributed by atoms with Crippen LogP contribution in [0.1, 0.15) is 5.56 Å². The molecule has 0 unspecified atom stereocenters. The maximum Gasteiger partial charge on any atom is 0.162 e. The summed E-state index contributed by atoms with van der Waals surface area (Å²) in [7, 11) is 4.09. The molecule has 1 N–H and O–H groups in total. The Hall–Kier alpha value is -1.82. The highest BCUT2D eigenvalue weighted by Gasteiger charge is 2.13. The van der Waals surface area contributed by atoms with E-state index in [0.717, 1.165) is 29.7 Å². The summed E-state index contributed by atoms with van der Waals surface area (Å²) in [5.41, 5.74) is 3.04. The quantitative estimate of drug-likeness (QED) is 0.763. The maximum atomic E-state index is 10.2. The minimum Gasteiger partial charge on any atom is -0.507 e. The molecule has 5 nitrogen and oxygen atoms in total. The van der Waals surface area contributed by atoms with E-state index in [2.05, 4.69) is 19.7 Å². The number of benzene rings is 1. The van der Waals surface area contributed by atoms with Crippen LogP contribution in [0.2, 0.25) is 5.02 Å². The second-order valence-electron chi connectivity index (χ2n) is 5.94. The number of hydrogen-bond donors (Lipinski definition) is 1. The SMILES string of the molecule is Cc1cc(Cl)cc(O)c1-c1cc2ccn(CCN(C)C)c2nn1.Cl. The zero-order valence-electron chi connectivity index (χ0n) is 13.8. The van der Waals surface area contributed by atoms with Gasteiger partial charge in [-0.15, -0.1) is 22.6 Å². The van der Waals surface area contributed by atoms with Crippen LogP contribution in [0.5, 0.6) is 5.75 Å². The number of phenolic OH excluding ortho intramolecular Hbond substituents is 1. The van der Waals surface area contributed by atoms with Gasteiger partial charge in [0, 0.05) is 35.3 Å². The van der Waals surface area contributed by atoms with E-state index >= 15 is 0 Å². The van der Waals surface area contributed by atoms with Gasteiger partial charge in [0.25, 0.3) is 0 Å². The van der Waals surface area contributed by atoms with E-state index in [-0.39, 0.29) is 18.2 Å². The van der Waals surface area contributed by atoms with Crippen molar-refractivity contribution in [1.82, 2.24) is 19.7 Å².